The predicted molar refractivity (Wildman–Crippen MR) is 350 cm³/mol. The molecule has 3 heterocycles. The minimum absolute atomic E-state index is 0.0101. The summed E-state index contributed by atoms with van der Waals surface area (Å²) in [4.78, 5) is 23.5. The quantitative estimate of drug-likeness (QED) is 0.0575. The van der Waals surface area contributed by atoms with Crippen LogP contribution in [0.15, 0.2) is 123 Å². The first kappa shape index (κ1) is 40.2. The van der Waals surface area contributed by atoms with Crippen molar-refractivity contribution in [1.29, 1.82) is 0 Å². The zero-order valence-corrected chi connectivity index (χ0v) is 50.5. The van der Waals surface area contributed by atoms with Crippen LogP contribution >= 0.6 is 0 Å². The molecule has 0 fully saturated rings. The van der Waals surface area contributed by atoms with E-state index < -0.39 is 100 Å². The highest BCUT2D eigenvalue weighted by molar-refractivity contribution is 5.74. The lowest BCUT2D eigenvalue weighted by Crippen LogP contribution is -2.19. The summed E-state index contributed by atoms with van der Waals surface area (Å²) >= 11 is 0. The summed E-state index contributed by atoms with van der Waals surface area (Å²) in [6, 6.07) is 24.0. The molecule has 0 bridgehead atoms. The molecule has 6 aromatic carbocycles. The monoisotopic (exact) mass is 1230 g/mol. The minimum atomic E-state index is -2.68. The van der Waals surface area contributed by atoms with E-state index in [9.17, 15) is 0 Å². The first-order valence-corrected chi connectivity index (χ1v) is 28.3. The summed E-state index contributed by atoms with van der Waals surface area (Å²) in [7, 11) is 0. The van der Waals surface area contributed by atoms with Crippen molar-refractivity contribution < 1.29 is 59.3 Å². The molecule has 0 spiro atoms. The second-order valence-corrected chi connectivity index (χ2v) is 20.5. The topological polar surface area (TPSA) is 194 Å². The molecule has 3 aliphatic rings. The van der Waals surface area contributed by atoms with Gasteiger partial charge in [0.1, 0.15) is 17.2 Å². The van der Waals surface area contributed by atoms with Gasteiger partial charge in [-0.1, -0.05) is 90.8 Å². The average molecular weight is 1230 g/mol. The molecule has 462 valence electrons. The van der Waals surface area contributed by atoms with Gasteiger partial charge >= 0.3 is 0 Å². The van der Waals surface area contributed by atoms with Crippen LogP contribution in [0.25, 0.3) is 83.1 Å². The van der Waals surface area contributed by atoms with Crippen molar-refractivity contribution in [2.24, 2.45) is 0 Å². The highest BCUT2D eigenvalue weighted by atomic mass is 16.5. The highest BCUT2D eigenvalue weighted by Gasteiger charge is 2.30. The molecule has 0 aliphatic heterocycles. The Labute approximate surface area is 559 Å². The van der Waals surface area contributed by atoms with E-state index in [-0.39, 0.29) is 127 Å². The van der Waals surface area contributed by atoms with Gasteiger partial charge in [-0.05, 0) is 206 Å². The minimum Gasteiger partial charge on any atom is -0.502 e. The van der Waals surface area contributed by atoms with Crippen molar-refractivity contribution in [3.05, 3.63) is 177 Å². The molecule has 0 saturated heterocycles. The van der Waals surface area contributed by atoms with E-state index in [1.807, 2.05) is 0 Å². The fraction of sp³-hybridized carbons (Fsp3) is 0.375. The lowest BCUT2D eigenvalue weighted by atomic mass is 10.0. The van der Waals surface area contributed by atoms with Crippen LogP contribution in [0.2, 0.25) is 0 Å². The van der Waals surface area contributed by atoms with Gasteiger partial charge in [0.25, 0.3) is 17.7 Å². The third-order valence-electron chi connectivity index (χ3n) is 13.4. The van der Waals surface area contributed by atoms with Crippen molar-refractivity contribution in [1.82, 2.24) is 46.4 Å². The normalized spacial score (nSPS) is 23.4. The number of aromatic nitrogens is 6. The highest BCUT2D eigenvalue weighted by Crippen LogP contribution is 2.42. The summed E-state index contributed by atoms with van der Waals surface area (Å²) < 4.78 is 223. The van der Waals surface area contributed by atoms with Crippen LogP contribution in [-0.4, -0.2) is 68.2 Å². The lowest BCUT2D eigenvalue weighted by molar-refractivity contribution is 0.244. The van der Waals surface area contributed by atoms with Crippen molar-refractivity contribution in [2.45, 2.75) is 156 Å². The van der Waals surface area contributed by atoms with Crippen LogP contribution in [0.1, 0.15) is 184 Å². The van der Waals surface area contributed by atoms with E-state index in [0.29, 0.717) is 22.3 Å². The molecule has 3 N–H and O–H groups in total. The van der Waals surface area contributed by atoms with Gasteiger partial charge in [0.05, 0.1) is 42.1 Å². The maximum Gasteiger partial charge on any atom is 0.256 e. The van der Waals surface area contributed by atoms with Crippen molar-refractivity contribution in [2.75, 3.05) is 19.5 Å². The summed E-state index contributed by atoms with van der Waals surface area (Å²) in [5.74, 6) is 0.864. The lowest BCUT2D eigenvalue weighted by Gasteiger charge is -2.13. The molecule has 0 radical (unpaired) electrons. The second-order valence-electron chi connectivity index (χ2n) is 20.5. The molecule has 0 amide bonds. The van der Waals surface area contributed by atoms with Gasteiger partial charge in [-0.2, -0.15) is 15.0 Å². The Balaban J connectivity index is 0.000000180. The SMILES string of the molecule is [2H]C(C)(C)Oc1ccc(-c2nc(-c3cccc4c3C([2H])([2H])C([2H])([2H])[C@@H]4NC([2H])([2H])C([2H])([2H])C)no2)cc1[N+]#[C-].[2H]C([2H])(C)CN[C@@H]1c2cccc(-c3noc(-c4ccc(OC([2H])(C)C)c([N+]#[C-])c4)n3)c2C([2H])([2H])C1([2H])[2H].[2H]C([2H])(CC)N[C@@H]1c2cccc(-c3noc(-c4ccc(OC([2H])(C)C)c([N+]#[C-])c4)n3)c2C([2H])([2H])C1([2H])[2H]. The van der Waals surface area contributed by atoms with Crippen LogP contribution in [-0.2, 0) is 19.1 Å². The van der Waals surface area contributed by atoms with Gasteiger partial charge in [-0.25, -0.2) is 14.5 Å². The van der Waals surface area contributed by atoms with E-state index in [1.54, 1.807) is 95.3 Å². The van der Waals surface area contributed by atoms with Crippen LogP contribution in [0.4, 0.5) is 17.1 Å². The first-order valence-electron chi connectivity index (χ1n) is 39.8. The second kappa shape index (κ2) is 29.7. The zero-order valence-electron chi connectivity index (χ0n) is 73.5. The summed E-state index contributed by atoms with van der Waals surface area (Å²) in [5.41, 5.74) is 3.01. The fourth-order valence-electron chi connectivity index (χ4n) is 9.50. The maximum absolute atomic E-state index is 8.66. The van der Waals surface area contributed by atoms with Crippen molar-refractivity contribution in [3.8, 4) is 85.8 Å². The molecule has 3 aliphatic carbocycles. The molecule has 3 aromatic heterocycles. The largest absolute Gasteiger partial charge is 0.502 e. The number of nitrogens with zero attached hydrogens (tertiary/aromatic N) is 9. The van der Waals surface area contributed by atoms with Gasteiger partial charge in [0, 0.05) is 78.9 Å². The molecule has 0 saturated carbocycles. The number of fused-ring (bicyclic) bond motifs is 3. The molecule has 12 rings (SSSR count). The van der Waals surface area contributed by atoms with Gasteiger partial charge in [-0.15, -0.1) is 0 Å². The third-order valence-corrected chi connectivity index (χ3v) is 13.4. The average Bonchev–Trinajstić information content (AvgIpc) is 1.56. The first-order chi connectivity index (χ1) is 52.0. The van der Waals surface area contributed by atoms with E-state index in [2.05, 4.69) is 60.9 Å². The molecule has 9 aromatic rings. The van der Waals surface area contributed by atoms with Crippen LogP contribution in [0.5, 0.6) is 17.2 Å². The summed E-state index contributed by atoms with van der Waals surface area (Å²) in [6.45, 7) is 30.9. The number of hydrogen-bond donors (Lipinski definition) is 3. The Morgan fingerprint density at radius 3 is 1.16 bits per heavy atom. The molecule has 90 heavy (non-hydrogen) atoms. The molecular formula is C72H78N12O6. The summed E-state index contributed by atoms with van der Waals surface area (Å²) in [6.07, 6.45) is -22.7. The third kappa shape index (κ3) is 14.6. The zero-order chi connectivity index (χ0) is 84.0. The van der Waals surface area contributed by atoms with E-state index in [4.69, 9.17) is 79.0 Å². The standard InChI is InChI=1S/3C24H26N4O2/c3*1-5-13-26-20-11-10-17-18(20)7-6-8-19(17)23-27-24(30-28-23)16-9-12-22(29-15(2)3)21(14-16)25-4/h3*6-9,12,14-15,20,26H,5,10-11,13H2,1-3H3/t3*20-/m000/s1/i5D2,10D2,11D2,13D2,15D;10D2,11D2,13D2,15D;5D2,10D2,11D2,15D. The van der Waals surface area contributed by atoms with Gasteiger partial charge < -0.3 is 43.7 Å². The fourth-order valence-corrected chi connectivity index (χ4v) is 9.50. The van der Waals surface area contributed by atoms with Crippen LogP contribution < -0.4 is 30.2 Å². The smallest absolute Gasteiger partial charge is 0.256 e. The Kier molecular flexibility index (Phi) is 13.2. The molecular weight excluding hydrogens is 1130 g/mol. The Bertz CT molecular complexity index is 5210. The Morgan fingerprint density at radius 2 is 0.844 bits per heavy atom. The number of nitrogens with one attached hydrogen (secondary N) is 3. The maximum atomic E-state index is 8.66. The number of hydrogen-bond acceptors (Lipinski definition) is 15. The van der Waals surface area contributed by atoms with Crippen LogP contribution in [0, 0.1) is 19.7 Å². The molecule has 18 heteroatoms. The summed E-state index contributed by atoms with van der Waals surface area (Å²) in [5, 5.41) is 19.8. The van der Waals surface area contributed by atoms with Gasteiger partial charge in [0.15, 0.2) is 0 Å². The van der Waals surface area contributed by atoms with Crippen molar-refractivity contribution >= 4 is 17.1 Å². The molecule has 0 unspecified atom stereocenters. The Morgan fingerprint density at radius 1 is 0.500 bits per heavy atom. The molecule has 3 atom stereocenters. The van der Waals surface area contributed by atoms with Gasteiger partial charge in [-0.3, -0.25) is 0 Å². The molecule has 18 nitrogen and oxygen atoms in total. The van der Waals surface area contributed by atoms with E-state index >= 15 is 0 Å². The Hall–Kier alpha value is -9.51. The predicted octanol–water partition coefficient (Wildman–Crippen LogP) is 17.2. The van der Waals surface area contributed by atoms with E-state index in [0.717, 1.165) is 6.92 Å². The van der Waals surface area contributed by atoms with E-state index in [1.165, 1.54) is 69.3 Å². The number of rotatable bonds is 21. The number of benzene rings is 6. The van der Waals surface area contributed by atoms with Crippen molar-refractivity contribution in [3.63, 3.8) is 0 Å². The number of ether oxygens (including phenoxy) is 3. The van der Waals surface area contributed by atoms with Crippen LogP contribution in [0.3, 0.4) is 0 Å². The van der Waals surface area contributed by atoms with Gasteiger partial charge in [0.2, 0.25) is 34.5 Å².